The summed E-state index contributed by atoms with van der Waals surface area (Å²) in [6, 6.07) is 6.33. The molecule has 90 valence electrons. The van der Waals surface area contributed by atoms with Crippen molar-refractivity contribution in [3.05, 3.63) is 52.1 Å². The highest BCUT2D eigenvalue weighted by Crippen LogP contribution is 2.14. The molecule has 1 aromatic heterocycles. The molecule has 0 radical (unpaired) electrons. The number of aryl methyl sites for hydroxylation is 1. The molecule has 0 aliphatic rings. The Morgan fingerprint density at radius 3 is 2.88 bits per heavy atom. The predicted octanol–water partition coefficient (Wildman–Crippen LogP) is 3.07. The van der Waals surface area contributed by atoms with E-state index in [4.69, 9.17) is 16.1 Å². The summed E-state index contributed by atoms with van der Waals surface area (Å²) in [5, 5.41) is 7.36. The molecule has 5 heteroatoms. The molecule has 0 aliphatic heterocycles. The number of nitrogens with zero attached hydrogens (tertiary/aromatic N) is 1. The first-order chi connectivity index (χ1) is 8.15. The summed E-state index contributed by atoms with van der Waals surface area (Å²) in [6.45, 7) is 2.75. The fourth-order valence-electron chi connectivity index (χ4n) is 1.50. The van der Waals surface area contributed by atoms with Gasteiger partial charge in [-0.3, -0.25) is 0 Å². The SMILES string of the molecule is Cc1cc(CNCc2cc(Cl)ccc2F)on1. The van der Waals surface area contributed by atoms with E-state index in [1.54, 1.807) is 6.07 Å². The lowest BCUT2D eigenvalue weighted by atomic mass is 10.2. The number of halogens is 2. The van der Waals surface area contributed by atoms with Crippen LogP contribution in [0.15, 0.2) is 28.8 Å². The van der Waals surface area contributed by atoms with Gasteiger partial charge in [0.25, 0.3) is 0 Å². The molecular weight excluding hydrogens is 243 g/mol. The van der Waals surface area contributed by atoms with Crippen molar-refractivity contribution in [3.8, 4) is 0 Å². The second-order valence-electron chi connectivity index (χ2n) is 3.77. The Hall–Kier alpha value is -1.39. The van der Waals surface area contributed by atoms with Gasteiger partial charge in [0.15, 0.2) is 5.76 Å². The van der Waals surface area contributed by atoms with Crippen LogP contribution >= 0.6 is 11.6 Å². The van der Waals surface area contributed by atoms with Crippen molar-refractivity contribution >= 4 is 11.6 Å². The predicted molar refractivity (Wildman–Crippen MR) is 63.2 cm³/mol. The molecule has 1 aromatic carbocycles. The number of aromatic nitrogens is 1. The van der Waals surface area contributed by atoms with Crippen molar-refractivity contribution in [2.75, 3.05) is 0 Å². The molecule has 0 aliphatic carbocycles. The molecule has 0 unspecified atom stereocenters. The van der Waals surface area contributed by atoms with Crippen LogP contribution in [0.4, 0.5) is 4.39 Å². The average molecular weight is 255 g/mol. The Balaban J connectivity index is 1.91. The number of hydrogen-bond acceptors (Lipinski definition) is 3. The maximum Gasteiger partial charge on any atom is 0.150 e. The topological polar surface area (TPSA) is 38.1 Å². The highest BCUT2D eigenvalue weighted by atomic mass is 35.5. The Morgan fingerprint density at radius 2 is 2.18 bits per heavy atom. The van der Waals surface area contributed by atoms with Gasteiger partial charge in [-0.05, 0) is 25.1 Å². The average Bonchev–Trinajstić information content (AvgIpc) is 2.69. The van der Waals surface area contributed by atoms with Crippen molar-refractivity contribution in [3.63, 3.8) is 0 Å². The summed E-state index contributed by atoms with van der Waals surface area (Å²) in [4.78, 5) is 0. The van der Waals surface area contributed by atoms with E-state index < -0.39 is 0 Å². The Labute approximate surface area is 104 Å². The quantitative estimate of drug-likeness (QED) is 0.911. The summed E-state index contributed by atoms with van der Waals surface area (Å²) >= 11 is 5.79. The molecule has 1 N–H and O–H groups in total. The van der Waals surface area contributed by atoms with Crippen LogP contribution in [-0.4, -0.2) is 5.16 Å². The van der Waals surface area contributed by atoms with E-state index in [-0.39, 0.29) is 5.82 Å². The van der Waals surface area contributed by atoms with Gasteiger partial charge in [0.1, 0.15) is 5.82 Å². The molecule has 17 heavy (non-hydrogen) atoms. The second-order valence-corrected chi connectivity index (χ2v) is 4.21. The summed E-state index contributed by atoms with van der Waals surface area (Å²) in [5.41, 5.74) is 1.37. The zero-order chi connectivity index (χ0) is 12.3. The van der Waals surface area contributed by atoms with Gasteiger partial charge >= 0.3 is 0 Å². The van der Waals surface area contributed by atoms with Crippen molar-refractivity contribution in [1.82, 2.24) is 10.5 Å². The van der Waals surface area contributed by atoms with Crippen LogP contribution in [0.25, 0.3) is 0 Å². The minimum absolute atomic E-state index is 0.268. The molecule has 3 nitrogen and oxygen atoms in total. The van der Waals surface area contributed by atoms with E-state index in [1.165, 1.54) is 12.1 Å². The van der Waals surface area contributed by atoms with Crippen LogP contribution < -0.4 is 5.32 Å². The Morgan fingerprint density at radius 1 is 1.35 bits per heavy atom. The molecule has 0 bridgehead atoms. The molecule has 0 saturated heterocycles. The van der Waals surface area contributed by atoms with E-state index in [1.807, 2.05) is 13.0 Å². The maximum absolute atomic E-state index is 13.4. The van der Waals surface area contributed by atoms with Crippen LogP contribution in [-0.2, 0) is 13.1 Å². The van der Waals surface area contributed by atoms with Crippen molar-refractivity contribution < 1.29 is 8.91 Å². The Bertz CT molecular complexity index is 513. The minimum Gasteiger partial charge on any atom is -0.360 e. The highest BCUT2D eigenvalue weighted by Gasteiger charge is 2.04. The molecule has 1 heterocycles. The van der Waals surface area contributed by atoms with Gasteiger partial charge in [0.2, 0.25) is 0 Å². The fraction of sp³-hybridized carbons (Fsp3) is 0.250. The zero-order valence-corrected chi connectivity index (χ0v) is 10.1. The molecule has 0 fully saturated rings. The van der Waals surface area contributed by atoms with E-state index in [0.29, 0.717) is 23.7 Å². The first-order valence-corrected chi connectivity index (χ1v) is 5.60. The van der Waals surface area contributed by atoms with Crippen LogP contribution in [0.5, 0.6) is 0 Å². The van der Waals surface area contributed by atoms with E-state index in [9.17, 15) is 4.39 Å². The standard InChI is InChI=1S/C12H12ClFN2O/c1-8-4-11(17-16-8)7-15-6-9-5-10(13)2-3-12(9)14/h2-5,15H,6-7H2,1H3. The van der Waals surface area contributed by atoms with Crippen LogP contribution in [0.2, 0.25) is 5.02 Å². The third-order valence-corrected chi connectivity index (χ3v) is 2.53. The van der Waals surface area contributed by atoms with Crippen LogP contribution in [0.1, 0.15) is 17.0 Å². The monoisotopic (exact) mass is 254 g/mol. The van der Waals surface area contributed by atoms with Gasteiger partial charge in [0.05, 0.1) is 12.2 Å². The van der Waals surface area contributed by atoms with Crippen molar-refractivity contribution in [2.24, 2.45) is 0 Å². The largest absolute Gasteiger partial charge is 0.360 e. The molecule has 2 aromatic rings. The summed E-state index contributed by atoms with van der Waals surface area (Å²) < 4.78 is 18.4. The summed E-state index contributed by atoms with van der Waals surface area (Å²) in [6.07, 6.45) is 0. The lowest BCUT2D eigenvalue weighted by Gasteiger charge is -2.04. The van der Waals surface area contributed by atoms with Gasteiger partial charge in [-0.1, -0.05) is 16.8 Å². The number of hydrogen-bond donors (Lipinski definition) is 1. The van der Waals surface area contributed by atoms with Crippen molar-refractivity contribution in [2.45, 2.75) is 20.0 Å². The summed E-state index contributed by atoms with van der Waals surface area (Å²) in [5.74, 6) is 0.459. The van der Waals surface area contributed by atoms with Crippen LogP contribution in [0.3, 0.4) is 0 Å². The first-order valence-electron chi connectivity index (χ1n) is 5.22. The minimum atomic E-state index is -0.268. The smallest absolute Gasteiger partial charge is 0.150 e. The third-order valence-electron chi connectivity index (χ3n) is 2.30. The fourth-order valence-corrected chi connectivity index (χ4v) is 1.69. The Kier molecular flexibility index (Phi) is 3.76. The van der Waals surface area contributed by atoms with Crippen LogP contribution in [0, 0.1) is 12.7 Å². The van der Waals surface area contributed by atoms with E-state index in [0.717, 1.165) is 11.5 Å². The van der Waals surface area contributed by atoms with Crippen molar-refractivity contribution in [1.29, 1.82) is 0 Å². The van der Waals surface area contributed by atoms with E-state index >= 15 is 0 Å². The van der Waals surface area contributed by atoms with Gasteiger partial charge in [-0.2, -0.15) is 0 Å². The van der Waals surface area contributed by atoms with E-state index in [2.05, 4.69) is 10.5 Å². The normalized spacial score (nSPS) is 10.8. The molecule has 0 amide bonds. The summed E-state index contributed by atoms with van der Waals surface area (Å²) in [7, 11) is 0. The van der Waals surface area contributed by atoms with Gasteiger partial charge in [-0.25, -0.2) is 4.39 Å². The zero-order valence-electron chi connectivity index (χ0n) is 9.34. The highest BCUT2D eigenvalue weighted by molar-refractivity contribution is 6.30. The van der Waals surface area contributed by atoms with Gasteiger partial charge in [0, 0.05) is 23.2 Å². The second kappa shape index (κ2) is 5.29. The number of nitrogens with one attached hydrogen (secondary N) is 1. The van der Waals surface area contributed by atoms with Gasteiger partial charge in [-0.15, -0.1) is 0 Å². The maximum atomic E-state index is 13.4. The molecule has 0 spiro atoms. The lowest BCUT2D eigenvalue weighted by Crippen LogP contribution is -2.13. The molecule has 0 saturated carbocycles. The first kappa shape index (κ1) is 12.1. The molecule has 0 atom stereocenters. The number of rotatable bonds is 4. The third kappa shape index (κ3) is 3.28. The molecular formula is C12H12ClFN2O. The number of benzene rings is 1. The van der Waals surface area contributed by atoms with Gasteiger partial charge < -0.3 is 9.84 Å². The molecule has 2 rings (SSSR count). The lowest BCUT2D eigenvalue weighted by molar-refractivity contribution is 0.369.